The molecule has 0 amide bonds. The first-order chi connectivity index (χ1) is 10.1. The molecule has 0 radical (unpaired) electrons. The first-order valence-electron chi connectivity index (χ1n) is 6.44. The van der Waals surface area contributed by atoms with Crippen LogP contribution in [0.1, 0.15) is 17.3 Å². The maximum absolute atomic E-state index is 12.0. The Bertz CT molecular complexity index is 624. The Morgan fingerprint density at radius 1 is 0.952 bits per heavy atom. The van der Waals surface area contributed by atoms with Crippen LogP contribution in [0, 0.1) is 0 Å². The number of hydrogen-bond acceptors (Lipinski definition) is 3. The van der Waals surface area contributed by atoms with Gasteiger partial charge < -0.3 is 9.47 Å². The van der Waals surface area contributed by atoms with E-state index in [1.54, 1.807) is 42.5 Å². The Balaban J connectivity index is 1.96. The number of ether oxygens (including phenoxy) is 2. The molecule has 0 saturated heterocycles. The third kappa shape index (κ3) is 4.38. The lowest BCUT2D eigenvalue weighted by atomic mass is 10.1. The van der Waals surface area contributed by atoms with Crippen molar-refractivity contribution in [2.24, 2.45) is 0 Å². The van der Waals surface area contributed by atoms with E-state index < -0.39 is 0 Å². The first-order valence-corrected chi connectivity index (χ1v) is 7.19. The van der Waals surface area contributed by atoms with Crippen molar-refractivity contribution in [1.29, 1.82) is 0 Å². The fourth-order valence-electron chi connectivity index (χ4n) is 1.70. The number of hydrogen-bond donors (Lipinski definition) is 0. The molecule has 5 heteroatoms. The van der Waals surface area contributed by atoms with Crippen LogP contribution in [0.3, 0.4) is 0 Å². The number of Topliss-reactive ketones (excluding diaryl/α,β-unsaturated/α-hetero) is 1. The smallest absolute Gasteiger partial charge is 0.200 e. The normalized spacial score (nSPS) is 10.2. The minimum atomic E-state index is -0.121. The Hall–Kier alpha value is -1.71. The van der Waals surface area contributed by atoms with E-state index in [4.69, 9.17) is 32.7 Å². The predicted molar refractivity (Wildman–Crippen MR) is 83.9 cm³/mol. The summed E-state index contributed by atoms with van der Waals surface area (Å²) >= 11 is 11.7. The number of carbonyl (C=O) groups is 1. The van der Waals surface area contributed by atoms with E-state index in [-0.39, 0.29) is 12.4 Å². The summed E-state index contributed by atoms with van der Waals surface area (Å²) in [6.45, 7) is 2.43. The van der Waals surface area contributed by atoms with E-state index in [1.807, 2.05) is 6.92 Å². The van der Waals surface area contributed by atoms with Crippen LogP contribution >= 0.6 is 23.2 Å². The summed E-state index contributed by atoms with van der Waals surface area (Å²) in [5.74, 6) is 1.12. The van der Waals surface area contributed by atoms with E-state index in [0.717, 1.165) is 5.75 Å². The highest BCUT2D eigenvalue weighted by atomic mass is 35.5. The van der Waals surface area contributed by atoms with Crippen LogP contribution < -0.4 is 9.47 Å². The fourth-order valence-corrected chi connectivity index (χ4v) is 1.99. The van der Waals surface area contributed by atoms with Crippen molar-refractivity contribution in [3.63, 3.8) is 0 Å². The van der Waals surface area contributed by atoms with Crippen LogP contribution in [-0.2, 0) is 0 Å². The topological polar surface area (TPSA) is 35.5 Å². The molecule has 21 heavy (non-hydrogen) atoms. The average Bonchev–Trinajstić information content (AvgIpc) is 2.49. The zero-order chi connectivity index (χ0) is 15.2. The monoisotopic (exact) mass is 324 g/mol. The van der Waals surface area contributed by atoms with Crippen molar-refractivity contribution >= 4 is 29.0 Å². The third-order valence-corrected chi connectivity index (χ3v) is 3.49. The second-order valence-electron chi connectivity index (χ2n) is 4.25. The molecular weight excluding hydrogens is 311 g/mol. The van der Waals surface area contributed by atoms with Crippen LogP contribution in [0.5, 0.6) is 11.5 Å². The van der Waals surface area contributed by atoms with Gasteiger partial charge in [-0.2, -0.15) is 0 Å². The largest absolute Gasteiger partial charge is 0.494 e. The van der Waals surface area contributed by atoms with E-state index in [2.05, 4.69) is 0 Å². The minimum absolute atomic E-state index is 0.0635. The van der Waals surface area contributed by atoms with Gasteiger partial charge in [0.15, 0.2) is 12.4 Å². The highest BCUT2D eigenvalue weighted by Gasteiger charge is 2.08. The molecule has 0 aromatic heterocycles. The van der Waals surface area contributed by atoms with Crippen molar-refractivity contribution in [1.82, 2.24) is 0 Å². The molecule has 110 valence electrons. The number of halogens is 2. The summed E-state index contributed by atoms with van der Waals surface area (Å²) in [5.41, 5.74) is 0.568. The van der Waals surface area contributed by atoms with Gasteiger partial charge in [-0.1, -0.05) is 23.2 Å². The molecule has 0 spiro atoms. The van der Waals surface area contributed by atoms with Gasteiger partial charge in [0.25, 0.3) is 0 Å². The maximum atomic E-state index is 12.0. The predicted octanol–water partition coefficient (Wildman–Crippen LogP) is 4.65. The molecule has 2 rings (SSSR count). The summed E-state index contributed by atoms with van der Waals surface area (Å²) in [4.78, 5) is 12.0. The van der Waals surface area contributed by atoms with Gasteiger partial charge in [-0.3, -0.25) is 4.79 Å². The molecule has 0 unspecified atom stereocenters. The summed E-state index contributed by atoms with van der Waals surface area (Å²) < 4.78 is 10.7. The van der Waals surface area contributed by atoms with Gasteiger partial charge in [-0.15, -0.1) is 0 Å². The second-order valence-corrected chi connectivity index (χ2v) is 5.06. The van der Waals surface area contributed by atoms with Crippen molar-refractivity contribution in [3.8, 4) is 11.5 Å². The van der Waals surface area contributed by atoms with Gasteiger partial charge in [0.2, 0.25) is 0 Å². The van der Waals surface area contributed by atoms with E-state index >= 15 is 0 Å². The molecule has 0 aliphatic carbocycles. The second kappa shape index (κ2) is 7.34. The molecular formula is C16H14Cl2O3. The van der Waals surface area contributed by atoms with Crippen LogP contribution in [0.25, 0.3) is 0 Å². The lowest BCUT2D eigenvalue weighted by Crippen LogP contribution is -2.11. The lowest BCUT2D eigenvalue weighted by Gasteiger charge is -2.07. The summed E-state index contributed by atoms with van der Waals surface area (Å²) in [7, 11) is 0. The summed E-state index contributed by atoms with van der Waals surface area (Å²) in [5, 5.41) is 0.838. The molecule has 3 nitrogen and oxygen atoms in total. The molecule has 0 aliphatic rings. The van der Waals surface area contributed by atoms with Crippen LogP contribution in [0.4, 0.5) is 0 Å². The van der Waals surface area contributed by atoms with E-state index in [9.17, 15) is 4.79 Å². The van der Waals surface area contributed by atoms with Gasteiger partial charge in [-0.05, 0) is 43.3 Å². The Kier molecular flexibility index (Phi) is 5.48. The summed E-state index contributed by atoms with van der Waals surface area (Å²) in [6, 6.07) is 11.8. The van der Waals surface area contributed by atoms with E-state index in [1.165, 1.54) is 0 Å². The maximum Gasteiger partial charge on any atom is 0.200 e. The number of carbonyl (C=O) groups excluding carboxylic acids is 1. The zero-order valence-corrected chi connectivity index (χ0v) is 12.9. The molecule has 0 bridgehead atoms. The molecule has 0 heterocycles. The van der Waals surface area contributed by atoms with Crippen LogP contribution in [-0.4, -0.2) is 19.0 Å². The fraction of sp³-hybridized carbons (Fsp3) is 0.188. The average molecular weight is 325 g/mol. The first kappa shape index (κ1) is 15.7. The molecule has 0 fully saturated rings. The summed E-state index contributed by atoms with van der Waals surface area (Å²) in [6.07, 6.45) is 0. The van der Waals surface area contributed by atoms with Crippen molar-refractivity contribution in [2.45, 2.75) is 6.92 Å². The number of benzene rings is 2. The van der Waals surface area contributed by atoms with Gasteiger partial charge >= 0.3 is 0 Å². The van der Waals surface area contributed by atoms with Crippen LogP contribution in [0.2, 0.25) is 10.0 Å². The Morgan fingerprint density at radius 3 is 2.24 bits per heavy atom. The molecule has 2 aromatic carbocycles. The van der Waals surface area contributed by atoms with Gasteiger partial charge in [0.1, 0.15) is 11.5 Å². The molecule has 2 aromatic rings. The molecule has 0 aliphatic heterocycles. The third-order valence-electron chi connectivity index (χ3n) is 2.75. The van der Waals surface area contributed by atoms with Gasteiger partial charge in [0.05, 0.1) is 16.7 Å². The van der Waals surface area contributed by atoms with Gasteiger partial charge in [-0.25, -0.2) is 0 Å². The Labute approximate surface area is 133 Å². The standard InChI is InChI=1S/C16H14Cl2O3/c1-2-20-12-5-3-11(4-6-12)16(19)10-21-13-7-8-14(17)15(18)9-13/h3-9H,2,10H2,1H3. The quantitative estimate of drug-likeness (QED) is 0.725. The van der Waals surface area contributed by atoms with Crippen molar-refractivity contribution in [3.05, 3.63) is 58.1 Å². The zero-order valence-electron chi connectivity index (χ0n) is 11.4. The van der Waals surface area contributed by atoms with Crippen LogP contribution in [0.15, 0.2) is 42.5 Å². The number of ketones is 1. The highest BCUT2D eigenvalue weighted by molar-refractivity contribution is 6.42. The molecule has 0 N–H and O–H groups in total. The SMILES string of the molecule is CCOc1ccc(C(=O)COc2ccc(Cl)c(Cl)c2)cc1. The minimum Gasteiger partial charge on any atom is -0.494 e. The lowest BCUT2D eigenvalue weighted by molar-refractivity contribution is 0.0921. The molecule has 0 saturated carbocycles. The van der Waals surface area contributed by atoms with Gasteiger partial charge in [0, 0.05) is 11.6 Å². The Morgan fingerprint density at radius 2 is 1.62 bits per heavy atom. The molecule has 0 atom stereocenters. The highest BCUT2D eigenvalue weighted by Crippen LogP contribution is 2.26. The van der Waals surface area contributed by atoms with Crippen molar-refractivity contribution in [2.75, 3.05) is 13.2 Å². The van der Waals surface area contributed by atoms with E-state index in [0.29, 0.717) is 28.0 Å². The van der Waals surface area contributed by atoms with Crippen molar-refractivity contribution < 1.29 is 14.3 Å². The number of rotatable bonds is 6.